The van der Waals surface area contributed by atoms with Gasteiger partial charge in [0.15, 0.2) is 18.3 Å². The van der Waals surface area contributed by atoms with Crippen LogP contribution >= 0.6 is 0 Å². The molecule has 1 aromatic carbocycles. The van der Waals surface area contributed by atoms with E-state index in [0.29, 0.717) is 17.2 Å². The zero-order valence-corrected chi connectivity index (χ0v) is 17.2. The predicted octanol–water partition coefficient (Wildman–Crippen LogP) is 1.06. The molecule has 2 heterocycles. The van der Waals surface area contributed by atoms with E-state index >= 15 is 0 Å². The number of aromatic nitrogens is 1. The lowest BCUT2D eigenvalue weighted by Gasteiger charge is -2.33. The van der Waals surface area contributed by atoms with E-state index < -0.39 is 22.6 Å². The molecular formula is C19H22FN3O6S. The molecule has 2 aromatic rings. The number of hydrogen-bond acceptors (Lipinski definition) is 7. The zero-order chi connectivity index (χ0) is 21.7. The van der Waals surface area contributed by atoms with Crippen LogP contribution in [0.5, 0.6) is 0 Å². The van der Waals surface area contributed by atoms with E-state index in [0.717, 1.165) is 6.26 Å². The molecule has 0 N–H and O–H groups in total. The Morgan fingerprint density at radius 2 is 1.83 bits per heavy atom. The average Bonchev–Trinajstić information content (AvgIpc) is 3.19. The maximum absolute atomic E-state index is 13.0. The van der Waals surface area contributed by atoms with Crippen molar-refractivity contribution in [2.24, 2.45) is 0 Å². The molecule has 0 unspecified atom stereocenters. The van der Waals surface area contributed by atoms with Gasteiger partial charge in [-0.15, -0.1) is 0 Å². The summed E-state index contributed by atoms with van der Waals surface area (Å²) in [5.74, 6) is -0.504. The van der Waals surface area contributed by atoms with Crippen LogP contribution < -0.4 is 0 Å². The van der Waals surface area contributed by atoms with Crippen LogP contribution in [0, 0.1) is 5.82 Å². The van der Waals surface area contributed by atoms with Crippen molar-refractivity contribution in [3.8, 4) is 11.3 Å². The summed E-state index contributed by atoms with van der Waals surface area (Å²) in [5, 5.41) is 0. The topological polar surface area (TPSA) is 110 Å². The van der Waals surface area contributed by atoms with Gasteiger partial charge in [-0.2, -0.15) is 4.31 Å². The van der Waals surface area contributed by atoms with Crippen molar-refractivity contribution in [2.75, 3.05) is 39.0 Å². The Balaban J connectivity index is 1.40. The fourth-order valence-electron chi connectivity index (χ4n) is 2.96. The number of esters is 1. The molecule has 30 heavy (non-hydrogen) atoms. The second kappa shape index (κ2) is 9.35. The Kier molecular flexibility index (Phi) is 6.83. The molecule has 0 saturated carbocycles. The molecule has 1 fully saturated rings. The summed E-state index contributed by atoms with van der Waals surface area (Å²) >= 11 is 0. The van der Waals surface area contributed by atoms with Gasteiger partial charge in [0.1, 0.15) is 5.82 Å². The molecule has 1 aliphatic heterocycles. The van der Waals surface area contributed by atoms with Gasteiger partial charge in [0, 0.05) is 38.2 Å². The number of carbonyl (C=O) groups is 2. The normalized spacial score (nSPS) is 15.2. The van der Waals surface area contributed by atoms with Gasteiger partial charge in [0.05, 0.1) is 18.9 Å². The summed E-state index contributed by atoms with van der Waals surface area (Å²) in [7, 11) is -3.27. The number of rotatable bonds is 7. The Bertz CT molecular complexity index is 998. The van der Waals surface area contributed by atoms with E-state index in [1.165, 1.54) is 27.5 Å². The van der Waals surface area contributed by atoms with Crippen molar-refractivity contribution in [3.05, 3.63) is 42.2 Å². The van der Waals surface area contributed by atoms with Crippen LogP contribution in [0.25, 0.3) is 11.3 Å². The van der Waals surface area contributed by atoms with Crippen LogP contribution in [0.2, 0.25) is 0 Å². The average molecular weight is 439 g/mol. The third-order valence-electron chi connectivity index (χ3n) is 4.64. The lowest BCUT2D eigenvalue weighted by molar-refractivity contribution is -0.152. The van der Waals surface area contributed by atoms with Crippen LogP contribution in [-0.4, -0.2) is 73.5 Å². The molecule has 162 valence electrons. The SMILES string of the molecule is CS(=O)(=O)N1CCN(C(=O)COC(=O)CCc2ncc(-c3ccc(F)cc3)o2)CC1. The summed E-state index contributed by atoms with van der Waals surface area (Å²) in [6, 6.07) is 5.75. The highest BCUT2D eigenvalue weighted by molar-refractivity contribution is 7.88. The van der Waals surface area contributed by atoms with Gasteiger partial charge in [-0.1, -0.05) is 0 Å². The van der Waals surface area contributed by atoms with Gasteiger partial charge in [-0.25, -0.2) is 17.8 Å². The number of nitrogens with zero attached hydrogens (tertiary/aromatic N) is 3. The van der Waals surface area contributed by atoms with Crippen molar-refractivity contribution >= 4 is 21.9 Å². The number of oxazole rings is 1. The van der Waals surface area contributed by atoms with E-state index in [1.807, 2.05) is 0 Å². The Hall–Kier alpha value is -2.79. The van der Waals surface area contributed by atoms with Crippen LogP contribution in [-0.2, 0) is 30.8 Å². The van der Waals surface area contributed by atoms with E-state index in [2.05, 4.69) is 4.98 Å². The fraction of sp³-hybridized carbons (Fsp3) is 0.421. The number of aryl methyl sites for hydroxylation is 1. The van der Waals surface area contributed by atoms with E-state index in [1.54, 1.807) is 12.1 Å². The number of sulfonamides is 1. The predicted molar refractivity (Wildman–Crippen MR) is 104 cm³/mol. The molecule has 1 amide bonds. The van der Waals surface area contributed by atoms with Crippen LogP contribution in [0.3, 0.4) is 0 Å². The van der Waals surface area contributed by atoms with Gasteiger partial charge >= 0.3 is 5.97 Å². The number of amides is 1. The van der Waals surface area contributed by atoms with Crippen molar-refractivity contribution < 1.29 is 31.6 Å². The fourth-order valence-corrected chi connectivity index (χ4v) is 3.78. The van der Waals surface area contributed by atoms with Gasteiger partial charge in [0.25, 0.3) is 5.91 Å². The molecule has 0 atom stereocenters. The lowest BCUT2D eigenvalue weighted by atomic mass is 10.2. The van der Waals surface area contributed by atoms with Crippen molar-refractivity contribution in [2.45, 2.75) is 12.8 Å². The molecule has 0 aliphatic carbocycles. The largest absolute Gasteiger partial charge is 0.456 e. The Morgan fingerprint density at radius 1 is 1.17 bits per heavy atom. The smallest absolute Gasteiger partial charge is 0.306 e. The maximum Gasteiger partial charge on any atom is 0.306 e. The summed E-state index contributed by atoms with van der Waals surface area (Å²) < 4.78 is 47.8. The number of halogens is 1. The minimum Gasteiger partial charge on any atom is -0.456 e. The highest BCUT2D eigenvalue weighted by Crippen LogP contribution is 2.21. The molecule has 0 bridgehead atoms. The number of piperazine rings is 1. The van der Waals surface area contributed by atoms with Gasteiger partial charge in [-0.05, 0) is 24.3 Å². The first-order valence-corrected chi connectivity index (χ1v) is 11.2. The quantitative estimate of drug-likeness (QED) is 0.593. The summed E-state index contributed by atoms with van der Waals surface area (Å²) in [6.07, 6.45) is 2.80. The number of hydrogen-bond donors (Lipinski definition) is 0. The number of ether oxygens (including phenoxy) is 1. The van der Waals surface area contributed by atoms with E-state index in [4.69, 9.17) is 9.15 Å². The second-order valence-corrected chi connectivity index (χ2v) is 8.81. The van der Waals surface area contributed by atoms with Crippen LogP contribution in [0.4, 0.5) is 4.39 Å². The molecule has 1 aliphatic rings. The zero-order valence-electron chi connectivity index (χ0n) is 16.4. The molecule has 3 rings (SSSR count). The van der Waals surface area contributed by atoms with Crippen molar-refractivity contribution in [1.82, 2.24) is 14.2 Å². The first kappa shape index (κ1) is 21.9. The molecule has 0 spiro atoms. The Morgan fingerprint density at radius 3 is 2.47 bits per heavy atom. The minimum atomic E-state index is -3.27. The van der Waals surface area contributed by atoms with Crippen molar-refractivity contribution in [1.29, 1.82) is 0 Å². The van der Waals surface area contributed by atoms with Gasteiger partial charge in [0.2, 0.25) is 10.0 Å². The van der Waals surface area contributed by atoms with Gasteiger partial charge < -0.3 is 14.1 Å². The highest BCUT2D eigenvalue weighted by atomic mass is 32.2. The molecule has 0 radical (unpaired) electrons. The summed E-state index contributed by atoms with van der Waals surface area (Å²) in [6.45, 7) is 0.556. The molecule has 9 nitrogen and oxygen atoms in total. The second-order valence-electron chi connectivity index (χ2n) is 6.83. The van der Waals surface area contributed by atoms with Gasteiger partial charge in [-0.3, -0.25) is 9.59 Å². The Labute approximate surface area is 173 Å². The standard InChI is InChI=1S/C19H22FN3O6S/c1-30(26,27)23-10-8-22(9-11-23)18(24)13-28-19(25)7-6-17-21-12-16(29-17)14-2-4-15(20)5-3-14/h2-5,12H,6-11,13H2,1H3. The first-order chi connectivity index (χ1) is 14.2. The number of carbonyl (C=O) groups excluding carboxylic acids is 2. The number of benzene rings is 1. The van der Waals surface area contributed by atoms with E-state index in [-0.39, 0.29) is 50.7 Å². The van der Waals surface area contributed by atoms with E-state index in [9.17, 15) is 22.4 Å². The molecular weight excluding hydrogens is 417 g/mol. The van der Waals surface area contributed by atoms with Crippen LogP contribution in [0.15, 0.2) is 34.9 Å². The maximum atomic E-state index is 13.0. The summed E-state index contributed by atoms with van der Waals surface area (Å²) in [4.78, 5) is 29.6. The van der Waals surface area contributed by atoms with Crippen molar-refractivity contribution in [3.63, 3.8) is 0 Å². The van der Waals surface area contributed by atoms with Crippen LogP contribution in [0.1, 0.15) is 12.3 Å². The molecule has 11 heteroatoms. The monoisotopic (exact) mass is 439 g/mol. The third kappa shape index (κ3) is 5.86. The molecule has 1 saturated heterocycles. The summed E-state index contributed by atoms with van der Waals surface area (Å²) in [5.41, 5.74) is 0.666. The highest BCUT2D eigenvalue weighted by Gasteiger charge is 2.26. The third-order valence-corrected chi connectivity index (χ3v) is 5.95. The lowest BCUT2D eigenvalue weighted by Crippen LogP contribution is -2.51. The minimum absolute atomic E-state index is 0.0154. The molecule has 1 aromatic heterocycles. The first-order valence-electron chi connectivity index (χ1n) is 9.31.